The zero-order chi connectivity index (χ0) is 24.3. The number of hydrogen-bond donors (Lipinski definition) is 2. The minimum Gasteiger partial charge on any atom is -0.483 e. The minimum absolute atomic E-state index is 0.174. The zero-order valence-electron chi connectivity index (χ0n) is 18.9. The Morgan fingerprint density at radius 1 is 0.971 bits per heavy atom. The normalized spacial score (nSPS) is 12.7. The molecule has 34 heavy (non-hydrogen) atoms. The molecule has 0 aromatic heterocycles. The second-order valence-electron chi connectivity index (χ2n) is 7.98. The van der Waals surface area contributed by atoms with Crippen LogP contribution < -0.4 is 19.7 Å². The van der Waals surface area contributed by atoms with Gasteiger partial charge in [-0.3, -0.25) is 13.9 Å². The van der Waals surface area contributed by atoms with E-state index in [-0.39, 0.29) is 23.3 Å². The average Bonchev–Trinajstić information content (AvgIpc) is 3.23. The maximum atomic E-state index is 13.2. The van der Waals surface area contributed by atoms with Crippen LogP contribution in [0.2, 0.25) is 0 Å². The molecule has 9 heteroatoms. The van der Waals surface area contributed by atoms with Gasteiger partial charge in [0.05, 0.1) is 10.6 Å². The van der Waals surface area contributed by atoms with Crippen molar-refractivity contribution in [3.8, 4) is 5.75 Å². The Kier molecular flexibility index (Phi) is 6.56. The monoisotopic (exact) mass is 479 g/mol. The van der Waals surface area contributed by atoms with Crippen molar-refractivity contribution in [1.82, 2.24) is 0 Å². The largest absolute Gasteiger partial charge is 0.483 e. The summed E-state index contributed by atoms with van der Waals surface area (Å²) in [5.41, 5.74) is 3.41. The molecular formula is C25H25N3O5S. The van der Waals surface area contributed by atoms with E-state index in [1.807, 2.05) is 24.3 Å². The van der Waals surface area contributed by atoms with Gasteiger partial charge < -0.3 is 15.4 Å². The Balaban J connectivity index is 1.41. The predicted molar refractivity (Wildman–Crippen MR) is 131 cm³/mol. The predicted octanol–water partition coefficient (Wildman–Crippen LogP) is 3.72. The number of nitrogens with one attached hydrogen (secondary N) is 2. The summed E-state index contributed by atoms with van der Waals surface area (Å²) < 4.78 is 33.5. The molecule has 176 valence electrons. The second kappa shape index (κ2) is 9.56. The van der Waals surface area contributed by atoms with E-state index in [4.69, 9.17) is 4.74 Å². The van der Waals surface area contributed by atoms with Crippen LogP contribution in [0.25, 0.3) is 0 Å². The molecule has 0 atom stereocenters. The Morgan fingerprint density at radius 3 is 2.44 bits per heavy atom. The van der Waals surface area contributed by atoms with Crippen LogP contribution >= 0.6 is 0 Å². The van der Waals surface area contributed by atoms with Crippen LogP contribution in [0.5, 0.6) is 5.75 Å². The Labute approximate surface area is 198 Å². The van der Waals surface area contributed by atoms with Gasteiger partial charge in [0.1, 0.15) is 5.75 Å². The fraction of sp³-hybridized carbons (Fsp3) is 0.200. The molecule has 0 aliphatic carbocycles. The molecule has 0 bridgehead atoms. The van der Waals surface area contributed by atoms with Crippen LogP contribution in [-0.2, 0) is 26.0 Å². The van der Waals surface area contributed by atoms with Crippen LogP contribution in [0.3, 0.4) is 0 Å². The number of ether oxygens (including phenoxy) is 1. The lowest BCUT2D eigenvalue weighted by atomic mass is 10.2. The van der Waals surface area contributed by atoms with Crippen LogP contribution in [0.15, 0.2) is 71.6 Å². The number of anilines is 3. The molecule has 0 saturated heterocycles. The van der Waals surface area contributed by atoms with Crippen molar-refractivity contribution in [2.75, 3.05) is 28.1 Å². The van der Waals surface area contributed by atoms with Gasteiger partial charge in [-0.05, 0) is 66.9 Å². The maximum Gasteiger partial charge on any atom is 0.264 e. The standard InChI is InChI=1S/C25H25N3O5S/c1-17-14-22(34(31,32)28-13-12-19-6-3-4-9-23(19)28)10-11-24(17)33-16-25(30)27-21-8-5-7-20(15-21)26-18(2)29/h3-11,14-15H,12-13,16H2,1-2H3,(H,26,29)(H,27,30). The molecule has 2 N–H and O–H groups in total. The number of para-hydroxylation sites is 1. The number of carbonyl (C=O) groups excluding carboxylic acids is 2. The van der Waals surface area contributed by atoms with E-state index < -0.39 is 10.0 Å². The molecule has 2 amide bonds. The molecule has 1 heterocycles. The van der Waals surface area contributed by atoms with Gasteiger partial charge in [0.2, 0.25) is 5.91 Å². The first-order valence-electron chi connectivity index (χ1n) is 10.8. The number of sulfonamides is 1. The summed E-state index contributed by atoms with van der Waals surface area (Å²) in [7, 11) is -3.71. The highest BCUT2D eigenvalue weighted by molar-refractivity contribution is 7.92. The van der Waals surface area contributed by atoms with E-state index in [9.17, 15) is 18.0 Å². The van der Waals surface area contributed by atoms with E-state index in [1.165, 1.54) is 17.3 Å². The third-order valence-electron chi connectivity index (χ3n) is 5.40. The number of amides is 2. The van der Waals surface area contributed by atoms with E-state index in [1.54, 1.807) is 43.3 Å². The van der Waals surface area contributed by atoms with Crippen LogP contribution in [-0.4, -0.2) is 33.4 Å². The van der Waals surface area contributed by atoms with Crippen molar-refractivity contribution < 1.29 is 22.7 Å². The van der Waals surface area contributed by atoms with Crippen molar-refractivity contribution in [3.05, 3.63) is 77.9 Å². The lowest BCUT2D eigenvalue weighted by molar-refractivity contribution is -0.118. The van der Waals surface area contributed by atoms with Crippen LogP contribution in [0.1, 0.15) is 18.1 Å². The maximum absolute atomic E-state index is 13.2. The molecule has 1 aliphatic rings. The van der Waals surface area contributed by atoms with Gasteiger partial charge in [0, 0.05) is 24.8 Å². The van der Waals surface area contributed by atoms with Crippen LogP contribution in [0.4, 0.5) is 17.1 Å². The molecular weight excluding hydrogens is 454 g/mol. The Morgan fingerprint density at radius 2 is 1.71 bits per heavy atom. The average molecular weight is 480 g/mol. The number of rotatable bonds is 7. The minimum atomic E-state index is -3.71. The topological polar surface area (TPSA) is 105 Å². The molecule has 3 aromatic rings. The Bertz CT molecular complexity index is 1350. The molecule has 1 aliphatic heterocycles. The summed E-state index contributed by atoms with van der Waals surface area (Å²) >= 11 is 0. The number of carbonyl (C=O) groups is 2. The zero-order valence-corrected chi connectivity index (χ0v) is 19.7. The van der Waals surface area contributed by atoms with E-state index in [0.717, 1.165) is 5.56 Å². The lowest BCUT2D eigenvalue weighted by Crippen LogP contribution is -2.29. The van der Waals surface area contributed by atoms with Crippen LogP contribution in [0, 0.1) is 6.92 Å². The Hall–Kier alpha value is -3.85. The molecule has 0 fully saturated rings. The van der Waals surface area contributed by atoms with Gasteiger partial charge in [0.15, 0.2) is 6.61 Å². The number of benzene rings is 3. The molecule has 4 rings (SSSR count). The highest BCUT2D eigenvalue weighted by atomic mass is 32.2. The fourth-order valence-electron chi connectivity index (χ4n) is 3.85. The third kappa shape index (κ3) is 5.04. The highest BCUT2D eigenvalue weighted by Crippen LogP contribution is 2.33. The smallest absolute Gasteiger partial charge is 0.264 e. The fourth-order valence-corrected chi connectivity index (χ4v) is 5.44. The summed E-state index contributed by atoms with van der Waals surface area (Å²) in [6, 6.07) is 18.9. The number of hydrogen-bond acceptors (Lipinski definition) is 5. The number of aryl methyl sites for hydroxylation is 1. The van der Waals surface area contributed by atoms with Crippen molar-refractivity contribution >= 4 is 38.9 Å². The SMILES string of the molecule is CC(=O)Nc1cccc(NC(=O)COc2ccc(S(=O)(=O)N3CCc4ccccc43)cc2C)c1. The molecule has 0 unspecified atom stereocenters. The molecule has 0 saturated carbocycles. The van der Waals surface area contributed by atoms with E-state index in [0.29, 0.717) is 41.3 Å². The number of fused-ring (bicyclic) bond motifs is 1. The highest BCUT2D eigenvalue weighted by Gasteiger charge is 2.30. The van der Waals surface area contributed by atoms with Gasteiger partial charge in [-0.15, -0.1) is 0 Å². The summed E-state index contributed by atoms with van der Waals surface area (Å²) in [5.74, 6) is -0.172. The van der Waals surface area contributed by atoms with Crippen molar-refractivity contribution in [3.63, 3.8) is 0 Å². The van der Waals surface area contributed by atoms with Crippen molar-refractivity contribution in [1.29, 1.82) is 0 Å². The van der Waals surface area contributed by atoms with Gasteiger partial charge in [-0.25, -0.2) is 8.42 Å². The molecule has 0 radical (unpaired) electrons. The number of nitrogens with zero attached hydrogens (tertiary/aromatic N) is 1. The van der Waals surface area contributed by atoms with E-state index >= 15 is 0 Å². The molecule has 8 nitrogen and oxygen atoms in total. The summed E-state index contributed by atoms with van der Waals surface area (Å²) in [6.07, 6.45) is 0.679. The van der Waals surface area contributed by atoms with Crippen molar-refractivity contribution in [2.45, 2.75) is 25.2 Å². The van der Waals surface area contributed by atoms with Gasteiger partial charge in [-0.1, -0.05) is 24.3 Å². The molecule has 0 spiro atoms. The van der Waals surface area contributed by atoms with E-state index in [2.05, 4.69) is 10.6 Å². The van der Waals surface area contributed by atoms with Gasteiger partial charge >= 0.3 is 0 Å². The molecule has 3 aromatic carbocycles. The van der Waals surface area contributed by atoms with Gasteiger partial charge in [0.25, 0.3) is 15.9 Å². The first-order valence-corrected chi connectivity index (χ1v) is 12.2. The summed E-state index contributed by atoms with van der Waals surface area (Å²) in [4.78, 5) is 23.7. The first-order chi connectivity index (χ1) is 16.2. The first kappa shape index (κ1) is 23.3. The summed E-state index contributed by atoms with van der Waals surface area (Å²) in [5, 5.41) is 5.36. The lowest BCUT2D eigenvalue weighted by Gasteiger charge is -2.20. The second-order valence-corrected chi connectivity index (χ2v) is 9.84. The van der Waals surface area contributed by atoms with Gasteiger partial charge in [-0.2, -0.15) is 0 Å². The third-order valence-corrected chi connectivity index (χ3v) is 7.21. The van der Waals surface area contributed by atoms with Crippen molar-refractivity contribution in [2.24, 2.45) is 0 Å². The quantitative estimate of drug-likeness (QED) is 0.537. The summed E-state index contributed by atoms with van der Waals surface area (Å²) in [6.45, 7) is 3.29.